The van der Waals surface area contributed by atoms with E-state index in [9.17, 15) is 20.4 Å². The Morgan fingerprint density at radius 2 is 1.81 bits per heavy atom. The highest BCUT2D eigenvalue weighted by molar-refractivity contribution is 5.97. The van der Waals surface area contributed by atoms with E-state index in [0.29, 0.717) is 73.1 Å². The van der Waals surface area contributed by atoms with Crippen molar-refractivity contribution in [2.45, 2.75) is 165 Å². The van der Waals surface area contributed by atoms with Crippen LogP contribution in [0.25, 0.3) is 0 Å². The van der Waals surface area contributed by atoms with Gasteiger partial charge in [-0.25, -0.2) is 0 Å². The number of likely N-dealkylation sites (N-methyl/N-ethyl adjacent to an activating group) is 1. The first-order valence-electron chi connectivity index (χ1n) is 27.9. The molecule has 1 aliphatic heterocycles. The van der Waals surface area contributed by atoms with E-state index in [0.717, 1.165) is 114 Å². The highest BCUT2D eigenvalue weighted by atomic mass is 16.6. The molecule has 392 valence electrons. The minimum Gasteiger partial charge on any atom is -0.504 e. The van der Waals surface area contributed by atoms with Crippen LogP contribution in [0.15, 0.2) is 59.6 Å². The predicted octanol–water partition coefficient (Wildman–Crippen LogP) is 10.1. The maximum atomic E-state index is 15.7. The summed E-state index contributed by atoms with van der Waals surface area (Å²) in [4.78, 5) is 20.3. The number of hydrogen-bond acceptors (Lipinski definition) is 10. The molecule has 7 N–H and O–H groups in total. The van der Waals surface area contributed by atoms with Crippen molar-refractivity contribution in [1.82, 2.24) is 10.6 Å². The Morgan fingerprint density at radius 3 is 2.58 bits per heavy atom. The molecule has 2 bridgehead atoms. The number of phenolic OH excluding ortho intramolecular Hbond substituents is 2. The first-order chi connectivity index (χ1) is 35.0. The second-order valence-electron chi connectivity index (χ2n) is 23.0. The molecule has 5 fully saturated rings. The topological polar surface area (TPSA) is 174 Å². The largest absolute Gasteiger partial charge is 0.504 e. The number of aliphatic imine (C=N–C) groups is 1. The molecular weight excluding hydrogens is 905 g/mol. The van der Waals surface area contributed by atoms with E-state index in [1.807, 2.05) is 25.3 Å². The van der Waals surface area contributed by atoms with Crippen molar-refractivity contribution >= 4 is 17.4 Å². The van der Waals surface area contributed by atoms with Crippen LogP contribution in [0.4, 0.5) is 5.69 Å². The van der Waals surface area contributed by atoms with Crippen molar-refractivity contribution < 1.29 is 39.4 Å². The molecule has 12 atom stereocenters. The third kappa shape index (κ3) is 10.6. The molecule has 2 aromatic carbocycles. The number of hydrogen-bond donors (Lipinski definition) is 7. The van der Waals surface area contributed by atoms with Crippen molar-refractivity contribution in [3.8, 4) is 35.0 Å². The number of carbonyl (C=O) groups excluding carboxylic acids is 1. The van der Waals surface area contributed by atoms with Gasteiger partial charge in [0, 0.05) is 49.9 Å². The lowest BCUT2D eigenvalue weighted by atomic mass is 9.46. The van der Waals surface area contributed by atoms with Crippen LogP contribution in [0.1, 0.15) is 146 Å². The van der Waals surface area contributed by atoms with Gasteiger partial charge >= 0.3 is 0 Å². The Hall–Kier alpha value is -4.54. The highest BCUT2D eigenvalue weighted by Gasteiger charge is 2.61. The molecule has 2 aromatic rings. The van der Waals surface area contributed by atoms with Gasteiger partial charge in [0.2, 0.25) is 5.96 Å². The monoisotopic (exact) mass is 989 g/mol. The normalized spacial score (nSPS) is 34.5. The molecule has 6 aliphatic carbocycles. The maximum Gasteiger partial charge on any atom is 0.207 e. The Bertz CT molecular complexity index is 2370. The molecule has 5 saturated carbocycles. The number of anilines is 1. The molecule has 12 heteroatoms. The quantitative estimate of drug-likeness (QED) is 0.0392. The lowest BCUT2D eigenvalue weighted by molar-refractivity contribution is -0.152. The van der Waals surface area contributed by atoms with Gasteiger partial charge in [0.05, 0.1) is 18.9 Å². The standard InChI is InChI=1S/C60H84N4O8/c1-5-39-19-21-45-46(17-12-30-65)48-18-10-27-60(48)43-34-50(56(69)53(35-43)72-58(38-61-2)28-25-41(36-58)33-55(68)71-44-15-7-6-8-16-44)64-57(62-3)63-29-11-14-42-13-9-26-59(42,54(67)24-22-49(60)47(45)31-39)37-40-20-23-51(66)52(32-40)70-4/h19-24,32,34-35,39,41-42,44-49,55,61,65-66,68-69H,5-10,12-18,25-28,30-31,33,36-38H2,1-4H3,(H2,62,63,64). The number of nitrogens with one attached hydrogen (secondary N) is 3. The molecule has 12 unspecified atom stereocenters. The number of ether oxygens (including phenoxy) is 3. The fraction of sp³-hybridized carbons (Fsp3) is 0.667. The smallest absolute Gasteiger partial charge is 0.207 e. The summed E-state index contributed by atoms with van der Waals surface area (Å²) in [7, 11) is 5.20. The number of ketones is 1. The summed E-state index contributed by atoms with van der Waals surface area (Å²) < 4.78 is 19.1. The van der Waals surface area contributed by atoms with Gasteiger partial charge in [-0.3, -0.25) is 15.1 Å². The summed E-state index contributed by atoms with van der Waals surface area (Å²) in [6.45, 7) is 2.98. The van der Waals surface area contributed by atoms with Crippen LogP contribution in [0.2, 0.25) is 0 Å². The number of carbonyl (C=O) groups is 1. The van der Waals surface area contributed by atoms with E-state index >= 15 is 4.79 Å². The third-order valence-corrected chi connectivity index (χ3v) is 19.0. The zero-order valence-electron chi connectivity index (χ0n) is 43.6. The summed E-state index contributed by atoms with van der Waals surface area (Å²) in [5.74, 6) is 6.42. The van der Waals surface area contributed by atoms with E-state index in [2.05, 4.69) is 70.2 Å². The molecule has 1 spiro atoms. The number of benzene rings is 2. The fourth-order valence-electron chi connectivity index (χ4n) is 15.7. The Labute approximate surface area is 429 Å². The van der Waals surface area contributed by atoms with E-state index in [1.54, 1.807) is 20.2 Å². The Balaban J connectivity index is 1.17. The van der Waals surface area contributed by atoms with Gasteiger partial charge in [0.25, 0.3) is 0 Å². The number of rotatable bonds is 15. The van der Waals surface area contributed by atoms with Crippen LogP contribution in [-0.4, -0.2) is 84.5 Å². The summed E-state index contributed by atoms with van der Waals surface area (Å²) in [6, 6.07) is 12.9. The zero-order chi connectivity index (χ0) is 50.5. The Kier molecular flexibility index (Phi) is 16.7. The van der Waals surface area contributed by atoms with Crippen molar-refractivity contribution in [2.24, 2.45) is 57.8 Å². The van der Waals surface area contributed by atoms with Crippen LogP contribution in [0.3, 0.4) is 0 Å². The van der Waals surface area contributed by atoms with E-state index < -0.39 is 22.7 Å². The molecule has 0 amide bonds. The Morgan fingerprint density at radius 1 is 0.972 bits per heavy atom. The maximum absolute atomic E-state index is 15.7. The number of aliphatic hydroxyl groups excluding tert-OH is 2. The van der Waals surface area contributed by atoms with Gasteiger partial charge in [-0.2, -0.15) is 0 Å². The number of aliphatic hydroxyl groups is 2. The third-order valence-electron chi connectivity index (χ3n) is 19.0. The second kappa shape index (κ2) is 22.9. The molecule has 0 saturated heterocycles. The highest BCUT2D eigenvalue weighted by Crippen LogP contribution is 2.66. The second-order valence-corrected chi connectivity index (χ2v) is 23.0. The average Bonchev–Trinajstić information content (AvgIpc) is 4.13. The number of aromatic hydroxyl groups is 2. The van der Waals surface area contributed by atoms with Crippen LogP contribution in [0, 0.1) is 64.7 Å². The first-order valence-corrected chi connectivity index (χ1v) is 27.9. The lowest BCUT2D eigenvalue weighted by Gasteiger charge is -2.58. The SMILES string of the molecule is CCC1C=CC2C(C1)C1C=CC(=O)C3(Cc4ccc(O)c(OC)c4)CCCC3CC#CNC(=NC)Nc3cc(cc(OC4(CNC)CCC(CC(O)OC5CCCCC5)C4)c3O)C13CCCC3C2CCCO. The summed E-state index contributed by atoms with van der Waals surface area (Å²) in [6.07, 6.45) is 27.1. The minimum absolute atomic E-state index is 0.00218. The molecule has 9 rings (SSSR count). The number of fused-ring (bicyclic) bond motifs is 5. The number of methoxy groups -OCH3 is 1. The van der Waals surface area contributed by atoms with E-state index in [-0.39, 0.29) is 59.6 Å². The van der Waals surface area contributed by atoms with Crippen molar-refractivity contribution in [2.75, 3.05) is 39.7 Å². The molecule has 12 nitrogen and oxygen atoms in total. The van der Waals surface area contributed by atoms with Crippen molar-refractivity contribution in [3.63, 3.8) is 0 Å². The number of nitrogens with zero attached hydrogens (tertiary/aromatic N) is 1. The summed E-state index contributed by atoms with van der Waals surface area (Å²) in [5.41, 5.74) is 0.710. The van der Waals surface area contributed by atoms with Gasteiger partial charge in [0.1, 0.15) is 5.60 Å². The van der Waals surface area contributed by atoms with Crippen LogP contribution < -0.4 is 25.4 Å². The van der Waals surface area contributed by atoms with Gasteiger partial charge in [-0.1, -0.05) is 69.2 Å². The molecule has 1 heterocycles. The van der Waals surface area contributed by atoms with E-state index in [4.69, 9.17) is 14.2 Å². The van der Waals surface area contributed by atoms with Crippen molar-refractivity contribution in [3.05, 3.63) is 65.8 Å². The summed E-state index contributed by atoms with van der Waals surface area (Å²) in [5, 5.41) is 54.9. The van der Waals surface area contributed by atoms with Crippen LogP contribution in [0.5, 0.6) is 23.0 Å². The van der Waals surface area contributed by atoms with Crippen LogP contribution in [-0.2, 0) is 21.4 Å². The number of guanidine groups is 1. The number of phenols is 2. The molecular formula is C60H84N4O8. The first kappa shape index (κ1) is 52.3. The fourth-order valence-corrected chi connectivity index (χ4v) is 15.7. The van der Waals surface area contributed by atoms with Crippen LogP contribution >= 0.6 is 0 Å². The molecule has 7 aliphatic rings. The zero-order valence-corrected chi connectivity index (χ0v) is 43.6. The van der Waals surface area contributed by atoms with Gasteiger partial charge in [-0.15, -0.1) is 0 Å². The van der Waals surface area contributed by atoms with Gasteiger partial charge in [-0.05, 0) is 186 Å². The molecule has 0 aromatic heterocycles. The van der Waals surface area contributed by atoms with Gasteiger partial charge < -0.3 is 45.3 Å². The molecule has 0 radical (unpaired) electrons. The molecule has 72 heavy (non-hydrogen) atoms. The minimum atomic E-state index is -0.824. The predicted molar refractivity (Wildman–Crippen MR) is 283 cm³/mol. The van der Waals surface area contributed by atoms with Crippen molar-refractivity contribution in [1.29, 1.82) is 0 Å². The number of allylic oxidation sites excluding steroid dienone is 4. The summed E-state index contributed by atoms with van der Waals surface area (Å²) >= 11 is 0. The lowest BCUT2D eigenvalue weighted by Crippen LogP contribution is -2.54. The average molecular weight is 989 g/mol. The van der Waals surface area contributed by atoms with E-state index in [1.165, 1.54) is 6.42 Å². The van der Waals surface area contributed by atoms with Gasteiger partial charge in [0.15, 0.2) is 35.1 Å².